The molecular formula is C17H17N3O4S. The Labute approximate surface area is 149 Å². The van der Waals surface area contributed by atoms with Gasteiger partial charge in [-0.15, -0.1) is 11.8 Å². The van der Waals surface area contributed by atoms with Crippen LogP contribution in [0.1, 0.15) is 12.5 Å². The summed E-state index contributed by atoms with van der Waals surface area (Å²) in [6.45, 7) is 3.19. The quantitative estimate of drug-likeness (QED) is 0.466. The third-order valence-corrected chi connectivity index (χ3v) is 4.22. The molecule has 2 N–H and O–H groups in total. The standard InChI is InChI=1S/C17H17N3O4S/c1-11-6-7-14(20(23)24)9-16(11)19-17(22)10-25-15-5-3-4-13(8-15)18-12(2)21/h3-9H,10H2,1-2H3,(H,18,21)(H,19,22). The zero-order valence-electron chi connectivity index (χ0n) is 13.7. The van der Waals surface area contributed by atoms with Crippen LogP contribution < -0.4 is 10.6 Å². The number of aryl methyl sites for hydroxylation is 1. The lowest BCUT2D eigenvalue weighted by Crippen LogP contribution is -2.15. The van der Waals surface area contributed by atoms with E-state index in [0.717, 1.165) is 10.5 Å². The largest absolute Gasteiger partial charge is 0.326 e. The molecule has 25 heavy (non-hydrogen) atoms. The molecule has 0 aliphatic carbocycles. The van der Waals surface area contributed by atoms with Crippen LogP contribution in [0, 0.1) is 17.0 Å². The summed E-state index contributed by atoms with van der Waals surface area (Å²) in [6, 6.07) is 11.5. The molecule has 0 bridgehead atoms. The van der Waals surface area contributed by atoms with Crippen LogP contribution in [0.3, 0.4) is 0 Å². The maximum atomic E-state index is 12.1. The minimum atomic E-state index is -0.503. The zero-order valence-corrected chi connectivity index (χ0v) is 14.6. The Hall–Kier alpha value is -2.87. The molecule has 130 valence electrons. The molecule has 0 spiro atoms. The summed E-state index contributed by atoms with van der Waals surface area (Å²) >= 11 is 1.31. The lowest BCUT2D eigenvalue weighted by Gasteiger charge is -2.09. The fraction of sp³-hybridized carbons (Fsp3) is 0.176. The number of hydrogen-bond acceptors (Lipinski definition) is 5. The highest BCUT2D eigenvalue weighted by atomic mass is 32.2. The number of nitro groups is 1. The van der Waals surface area contributed by atoms with Crippen molar-refractivity contribution in [2.75, 3.05) is 16.4 Å². The van der Waals surface area contributed by atoms with Gasteiger partial charge in [0, 0.05) is 29.6 Å². The second kappa shape index (κ2) is 8.29. The van der Waals surface area contributed by atoms with Crippen LogP contribution in [0.25, 0.3) is 0 Å². The van der Waals surface area contributed by atoms with Crippen molar-refractivity contribution in [2.45, 2.75) is 18.7 Å². The van der Waals surface area contributed by atoms with E-state index in [0.29, 0.717) is 11.4 Å². The highest BCUT2D eigenvalue weighted by Gasteiger charge is 2.11. The van der Waals surface area contributed by atoms with Crippen LogP contribution in [0.5, 0.6) is 0 Å². The van der Waals surface area contributed by atoms with Gasteiger partial charge in [-0.2, -0.15) is 0 Å². The first-order valence-corrected chi connectivity index (χ1v) is 8.39. The number of anilines is 2. The van der Waals surface area contributed by atoms with Crippen LogP contribution in [-0.4, -0.2) is 22.5 Å². The summed E-state index contributed by atoms with van der Waals surface area (Å²) in [6.07, 6.45) is 0. The van der Waals surface area contributed by atoms with Gasteiger partial charge in [0.15, 0.2) is 0 Å². The van der Waals surface area contributed by atoms with Gasteiger partial charge in [0.2, 0.25) is 11.8 Å². The minimum absolute atomic E-state index is 0.0726. The van der Waals surface area contributed by atoms with E-state index < -0.39 is 4.92 Å². The number of nitrogens with one attached hydrogen (secondary N) is 2. The number of hydrogen-bond donors (Lipinski definition) is 2. The molecule has 0 radical (unpaired) electrons. The van der Waals surface area contributed by atoms with Crippen molar-refractivity contribution in [3.8, 4) is 0 Å². The highest BCUT2D eigenvalue weighted by molar-refractivity contribution is 8.00. The van der Waals surface area contributed by atoms with Crippen molar-refractivity contribution >= 4 is 40.6 Å². The van der Waals surface area contributed by atoms with E-state index in [1.54, 1.807) is 31.2 Å². The van der Waals surface area contributed by atoms with E-state index >= 15 is 0 Å². The summed E-state index contributed by atoms with van der Waals surface area (Å²) in [5, 5.41) is 16.2. The molecule has 2 aromatic rings. The van der Waals surface area contributed by atoms with E-state index in [2.05, 4.69) is 10.6 Å². The second-order valence-corrected chi connectivity index (χ2v) is 6.35. The molecule has 0 aromatic heterocycles. The van der Waals surface area contributed by atoms with Crippen molar-refractivity contribution in [2.24, 2.45) is 0 Å². The number of rotatable bonds is 6. The topological polar surface area (TPSA) is 101 Å². The normalized spacial score (nSPS) is 10.2. The molecule has 0 unspecified atom stereocenters. The maximum absolute atomic E-state index is 12.1. The summed E-state index contributed by atoms with van der Waals surface area (Å²) in [5.74, 6) is -0.286. The Morgan fingerprint density at radius 2 is 1.92 bits per heavy atom. The van der Waals surface area contributed by atoms with Crippen molar-refractivity contribution in [3.05, 3.63) is 58.1 Å². The minimum Gasteiger partial charge on any atom is -0.326 e. The van der Waals surface area contributed by atoms with E-state index in [1.165, 1.54) is 30.8 Å². The summed E-state index contributed by atoms with van der Waals surface area (Å²) in [7, 11) is 0. The molecule has 0 fully saturated rings. The highest BCUT2D eigenvalue weighted by Crippen LogP contribution is 2.24. The van der Waals surface area contributed by atoms with Gasteiger partial charge >= 0.3 is 0 Å². The predicted octanol–water partition coefficient (Wildman–Crippen LogP) is 3.59. The average molecular weight is 359 g/mol. The van der Waals surface area contributed by atoms with Crippen molar-refractivity contribution in [1.29, 1.82) is 0 Å². The molecule has 0 aliphatic heterocycles. The van der Waals surface area contributed by atoms with Gasteiger partial charge in [0.05, 0.1) is 16.4 Å². The van der Waals surface area contributed by atoms with Crippen molar-refractivity contribution < 1.29 is 14.5 Å². The van der Waals surface area contributed by atoms with Gasteiger partial charge in [-0.3, -0.25) is 19.7 Å². The van der Waals surface area contributed by atoms with Crippen molar-refractivity contribution in [1.82, 2.24) is 0 Å². The lowest BCUT2D eigenvalue weighted by atomic mass is 10.2. The fourth-order valence-corrected chi connectivity index (χ4v) is 2.82. The zero-order chi connectivity index (χ0) is 18.4. The number of nitro benzene ring substituents is 1. The van der Waals surface area contributed by atoms with Gasteiger partial charge in [-0.25, -0.2) is 0 Å². The fourth-order valence-electron chi connectivity index (χ4n) is 2.06. The van der Waals surface area contributed by atoms with Crippen LogP contribution in [0.15, 0.2) is 47.4 Å². The third-order valence-electron chi connectivity index (χ3n) is 3.23. The first-order valence-electron chi connectivity index (χ1n) is 7.40. The molecule has 0 atom stereocenters. The lowest BCUT2D eigenvalue weighted by molar-refractivity contribution is -0.384. The Morgan fingerprint density at radius 3 is 2.60 bits per heavy atom. The van der Waals surface area contributed by atoms with Crippen LogP contribution in [-0.2, 0) is 9.59 Å². The van der Waals surface area contributed by atoms with Gasteiger partial charge < -0.3 is 10.6 Å². The van der Waals surface area contributed by atoms with Crippen LogP contribution in [0.4, 0.5) is 17.1 Å². The van der Waals surface area contributed by atoms with Gasteiger partial charge in [-0.1, -0.05) is 12.1 Å². The van der Waals surface area contributed by atoms with Gasteiger partial charge in [0.25, 0.3) is 5.69 Å². The predicted molar refractivity (Wildman–Crippen MR) is 97.9 cm³/mol. The molecule has 7 nitrogen and oxygen atoms in total. The number of amides is 2. The molecule has 2 aromatic carbocycles. The first-order chi connectivity index (χ1) is 11.8. The molecule has 8 heteroatoms. The second-order valence-electron chi connectivity index (χ2n) is 5.30. The van der Waals surface area contributed by atoms with E-state index in [-0.39, 0.29) is 23.3 Å². The average Bonchev–Trinajstić information content (AvgIpc) is 2.54. The number of benzene rings is 2. The Kier molecular flexibility index (Phi) is 6.13. The SMILES string of the molecule is CC(=O)Nc1cccc(SCC(=O)Nc2cc([N+](=O)[O-])ccc2C)c1. The number of carbonyl (C=O) groups excluding carboxylic acids is 2. The molecule has 0 saturated carbocycles. The summed E-state index contributed by atoms with van der Waals surface area (Å²) in [4.78, 5) is 34.3. The van der Waals surface area contributed by atoms with E-state index in [9.17, 15) is 19.7 Å². The molecule has 0 saturated heterocycles. The maximum Gasteiger partial charge on any atom is 0.271 e. The van der Waals surface area contributed by atoms with E-state index in [1.807, 2.05) is 6.07 Å². The summed E-state index contributed by atoms with van der Waals surface area (Å²) < 4.78 is 0. The number of carbonyl (C=O) groups is 2. The third kappa shape index (κ3) is 5.61. The molecular weight excluding hydrogens is 342 g/mol. The molecule has 0 aliphatic rings. The number of nitrogens with zero attached hydrogens (tertiary/aromatic N) is 1. The molecule has 2 rings (SSSR count). The Morgan fingerprint density at radius 1 is 1.16 bits per heavy atom. The molecule has 2 amide bonds. The Balaban J connectivity index is 1.98. The number of non-ortho nitro benzene ring substituents is 1. The monoisotopic (exact) mass is 359 g/mol. The van der Waals surface area contributed by atoms with Gasteiger partial charge in [-0.05, 0) is 30.7 Å². The van der Waals surface area contributed by atoms with E-state index in [4.69, 9.17) is 0 Å². The van der Waals surface area contributed by atoms with Crippen LogP contribution >= 0.6 is 11.8 Å². The van der Waals surface area contributed by atoms with Crippen LogP contribution in [0.2, 0.25) is 0 Å². The molecule has 0 heterocycles. The van der Waals surface area contributed by atoms with Gasteiger partial charge in [0.1, 0.15) is 0 Å². The van der Waals surface area contributed by atoms with Crippen molar-refractivity contribution in [3.63, 3.8) is 0 Å². The smallest absolute Gasteiger partial charge is 0.271 e. The number of thioether (sulfide) groups is 1. The Bertz CT molecular complexity index is 823. The first kappa shape index (κ1) is 18.5. The summed E-state index contributed by atoms with van der Waals surface area (Å²) in [5.41, 5.74) is 1.76.